The van der Waals surface area contributed by atoms with E-state index in [-0.39, 0.29) is 12.0 Å². The molecule has 0 spiro atoms. The Kier molecular flexibility index (Phi) is 2.71. The average Bonchev–Trinajstić information content (AvgIpc) is 3.08. The van der Waals surface area contributed by atoms with Gasteiger partial charge in [-0.25, -0.2) is 4.98 Å². The molecule has 1 aliphatic rings. The van der Waals surface area contributed by atoms with E-state index in [2.05, 4.69) is 41.2 Å². The summed E-state index contributed by atoms with van der Waals surface area (Å²) in [6, 6.07) is 8.53. The van der Waals surface area contributed by atoms with Crippen molar-refractivity contribution < 1.29 is 5.11 Å². The number of aliphatic hydroxyl groups excluding tert-OH is 1. The van der Waals surface area contributed by atoms with Gasteiger partial charge in [-0.2, -0.15) is 0 Å². The van der Waals surface area contributed by atoms with E-state index in [0.29, 0.717) is 0 Å². The predicted octanol–water partition coefficient (Wildman–Crippen LogP) is 2.66. The molecule has 0 unspecified atom stereocenters. The molecular weight excluding hydrogens is 224 g/mol. The average molecular weight is 242 g/mol. The summed E-state index contributed by atoms with van der Waals surface area (Å²) in [4.78, 5) is 7.77. The molecule has 0 atom stereocenters. The number of aromatic amines is 1. The molecule has 1 aromatic carbocycles. The van der Waals surface area contributed by atoms with E-state index in [1.54, 1.807) is 0 Å². The zero-order valence-corrected chi connectivity index (χ0v) is 10.6. The Morgan fingerprint density at radius 3 is 2.56 bits per heavy atom. The van der Waals surface area contributed by atoms with Gasteiger partial charge in [-0.05, 0) is 30.4 Å². The number of hydrogen-bond donors (Lipinski definition) is 2. The zero-order chi connectivity index (χ0) is 12.6. The predicted molar refractivity (Wildman–Crippen MR) is 71.4 cm³/mol. The van der Waals surface area contributed by atoms with E-state index >= 15 is 0 Å². The van der Waals surface area contributed by atoms with Gasteiger partial charge in [0.25, 0.3) is 0 Å². The van der Waals surface area contributed by atoms with E-state index in [0.717, 1.165) is 36.3 Å². The molecule has 3 rings (SSSR count). The molecule has 1 aliphatic carbocycles. The Morgan fingerprint density at radius 2 is 2.00 bits per heavy atom. The van der Waals surface area contributed by atoms with E-state index in [4.69, 9.17) is 0 Å². The first-order valence-electron chi connectivity index (χ1n) is 6.53. The van der Waals surface area contributed by atoms with Crippen LogP contribution in [-0.2, 0) is 11.8 Å². The maximum Gasteiger partial charge on any atom is 0.115 e. The first-order chi connectivity index (χ1) is 8.77. The van der Waals surface area contributed by atoms with Crippen molar-refractivity contribution in [2.75, 3.05) is 6.61 Å². The van der Waals surface area contributed by atoms with Gasteiger partial charge < -0.3 is 10.1 Å². The number of aromatic nitrogens is 2. The van der Waals surface area contributed by atoms with Crippen LogP contribution in [0.2, 0.25) is 0 Å². The van der Waals surface area contributed by atoms with Crippen LogP contribution in [0, 0.1) is 0 Å². The van der Waals surface area contributed by atoms with Crippen LogP contribution in [-0.4, -0.2) is 21.7 Å². The van der Waals surface area contributed by atoms with Gasteiger partial charge in [-0.1, -0.05) is 31.2 Å². The molecule has 1 heterocycles. The standard InChI is InChI=1S/C15H18N2O/c1-2-11-3-5-12(6-4-11)13-9-16-14(17-13)15(10-18)7-8-15/h3-6,9,18H,2,7-8,10H2,1H3,(H,16,17). The first-order valence-corrected chi connectivity index (χ1v) is 6.53. The molecule has 2 N–H and O–H groups in total. The van der Waals surface area contributed by atoms with E-state index in [1.807, 2.05) is 6.20 Å². The molecule has 18 heavy (non-hydrogen) atoms. The minimum absolute atomic E-state index is 0.0817. The summed E-state index contributed by atoms with van der Waals surface area (Å²) in [5.74, 6) is 0.930. The lowest BCUT2D eigenvalue weighted by Gasteiger charge is -2.07. The van der Waals surface area contributed by atoms with Gasteiger partial charge in [0.2, 0.25) is 0 Å². The second kappa shape index (κ2) is 4.25. The fourth-order valence-corrected chi connectivity index (χ4v) is 2.28. The van der Waals surface area contributed by atoms with Gasteiger partial charge in [0.15, 0.2) is 0 Å². The molecule has 0 bridgehead atoms. The van der Waals surface area contributed by atoms with Gasteiger partial charge in [-0.3, -0.25) is 0 Å². The number of rotatable bonds is 4. The molecule has 2 aromatic rings. The minimum Gasteiger partial charge on any atom is -0.395 e. The smallest absolute Gasteiger partial charge is 0.115 e. The second-order valence-corrected chi connectivity index (χ2v) is 5.13. The van der Waals surface area contributed by atoms with Gasteiger partial charge >= 0.3 is 0 Å². The van der Waals surface area contributed by atoms with Crippen molar-refractivity contribution in [3.63, 3.8) is 0 Å². The summed E-state index contributed by atoms with van der Waals surface area (Å²) in [6.07, 6.45) is 4.99. The lowest BCUT2D eigenvalue weighted by Crippen LogP contribution is -2.13. The van der Waals surface area contributed by atoms with Gasteiger partial charge in [0.05, 0.1) is 23.9 Å². The molecule has 0 amide bonds. The summed E-state index contributed by atoms with van der Waals surface area (Å²) < 4.78 is 0. The van der Waals surface area contributed by atoms with Crippen molar-refractivity contribution >= 4 is 0 Å². The first kappa shape index (κ1) is 11.5. The Hall–Kier alpha value is -1.61. The number of aryl methyl sites for hydroxylation is 1. The highest BCUT2D eigenvalue weighted by atomic mass is 16.3. The van der Waals surface area contributed by atoms with Crippen LogP contribution < -0.4 is 0 Å². The number of imidazole rings is 1. The SMILES string of the molecule is CCc1ccc(-c2cnc(C3(CO)CC3)[nH]2)cc1. The van der Waals surface area contributed by atoms with Crippen molar-refractivity contribution in [2.24, 2.45) is 0 Å². The van der Waals surface area contributed by atoms with E-state index in [9.17, 15) is 5.11 Å². The van der Waals surface area contributed by atoms with Gasteiger partial charge in [0.1, 0.15) is 5.82 Å². The Balaban J connectivity index is 1.88. The maximum atomic E-state index is 9.40. The van der Waals surface area contributed by atoms with Crippen LogP contribution >= 0.6 is 0 Å². The van der Waals surface area contributed by atoms with Crippen molar-refractivity contribution in [1.82, 2.24) is 9.97 Å². The van der Waals surface area contributed by atoms with Crippen molar-refractivity contribution in [3.8, 4) is 11.3 Å². The van der Waals surface area contributed by atoms with Crippen LogP contribution in [0.5, 0.6) is 0 Å². The Labute approximate surface area is 107 Å². The molecular formula is C15H18N2O. The second-order valence-electron chi connectivity index (χ2n) is 5.13. The number of nitrogens with one attached hydrogen (secondary N) is 1. The molecule has 0 radical (unpaired) electrons. The molecule has 1 aromatic heterocycles. The third-order valence-electron chi connectivity index (χ3n) is 3.91. The quantitative estimate of drug-likeness (QED) is 0.866. The highest BCUT2D eigenvalue weighted by Gasteiger charge is 2.46. The number of hydrogen-bond acceptors (Lipinski definition) is 2. The van der Waals surface area contributed by atoms with Gasteiger partial charge in [-0.15, -0.1) is 0 Å². The maximum absolute atomic E-state index is 9.40. The lowest BCUT2D eigenvalue weighted by molar-refractivity contribution is 0.250. The van der Waals surface area contributed by atoms with Crippen molar-refractivity contribution in [3.05, 3.63) is 41.9 Å². The molecule has 1 fully saturated rings. The van der Waals surface area contributed by atoms with Crippen molar-refractivity contribution in [2.45, 2.75) is 31.6 Å². The fourth-order valence-electron chi connectivity index (χ4n) is 2.28. The van der Waals surface area contributed by atoms with Crippen LogP contribution in [0.25, 0.3) is 11.3 Å². The summed E-state index contributed by atoms with van der Waals surface area (Å²) in [7, 11) is 0. The molecule has 0 aliphatic heterocycles. The number of H-pyrrole nitrogens is 1. The topological polar surface area (TPSA) is 48.9 Å². The fraction of sp³-hybridized carbons (Fsp3) is 0.400. The van der Waals surface area contributed by atoms with Crippen molar-refractivity contribution in [1.29, 1.82) is 0 Å². The summed E-state index contributed by atoms with van der Waals surface area (Å²) >= 11 is 0. The third-order valence-corrected chi connectivity index (χ3v) is 3.91. The molecule has 94 valence electrons. The molecule has 0 saturated heterocycles. The number of nitrogens with zero attached hydrogens (tertiary/aromatic N) is 1. The minimum atomic E-state index is -0.0817. The van der Waals surface area contributed by atoms with Crippen LogP contribution in [0.3, 0.4) is 0 Å². The largest absolute Gasteiger partial charge is 0.395 e. The summed E-state index contributed by atoms with van der Waals surface area (Å²) in [6.45, 7) is 2.34. The lowest BCUT2D eigenvalue weighted by atomic mass is 10.1. The normalized spacial score (nSPS) is 16.8. The molecule has 3 nitrogen and oxygen atoms in total. The number of benzene rings is 1. The highest BCUT2D eigenvalue weighted by Crippen LogP contribution is 2.46. The summed E-state index contributed by atoms with van der Waals surface area (Å²) in [5, 5.41) is 9.40. The zero-order valence-electron chi connectivity index (χ0n) is 10.6. The molecule has 1 saturated carbocycles. The van der Waals surface area contributed by atoms with Crippen LogP contribution in [0.1, 0.15) is 31.2 Å². The monoisotopic (exact) mass is 242 g/mol. The van der Waals surface area contributed by atoms with Crippen LogP contribution in [0.4, 0.5) is 0 Å². The highest BCUT2D eigenvalue weighted by molar-refractivity contribution is 5.59. The van der Waals surface area contributed by atoms with E-state index < -0.39 is 0 Å². The van der Waals surface area contributed by atoms with Crippen LogP contribution in [0.15, 0.2) is 30.5 Å². The Bertz CT molecular complexity index is 538. The number of aliphatic hydroxyl groups is 1. The third kappa shape index (κ3) is 1.85. The molecule has 3 heteroatoms. The summed E-state index contributed by atoms with van der Waals surface area (Å²) in [5.41, 5.74) is 3.45. The Morgan fingerprint density at radius 1 is 1.28 bits per heavy atom. The van der Waals surface area contributed by atoms with E-state index in [1.165, 1.54) is 5.56 Å². The van der Waals surface area contributed by atoms with Gasteiger partial charge in [0, 0.05) is 0 Å².